The van der Waals surface area contributed by atoms with Crippen LogP contribution in [0.3, 0.4) is 0 Å². The van der Waals surface area contributed by atoms with Crippen molar-refractivity contribution in [2.75, 3.05) is 5.73 Å². The van der Waals surface area contributed by atoms with E-state index in [1.807, 2.05) is 24.5 Å². The van der Waals surface area contributed by atoms with Crippen LogP contribution in [-0.2, 0) is 11.3 Å². The van der Waals surface area contributed by atoms with Gasteiger partial charge in [-0.15, -0.1) is 0 Å². The van der Waals surface area contributed by atoms with E-state index >= 15 is 0 Å². The zero-order chi connectivity index (χ0) is 14.5. The van der Waals surface area contributed by atoms with Crippen molar-refractivity contribution in [3.63, 3.8) is 0 Å². The standard InChI is InChI=1S/C14H19N5O/c1-10(2)18-14(20)5-6-19-9-16-8-12(19)11-3-4-13(15)17-7-11/h3-4,7-10H,5-6H2,1-2H3,(H2,15,17)(H,18,20). The predicted octanol–water partition coefficient (Wildman–Crippen LogP) is 1.44. The number of carbonyl (C=O) groups is 1. The molecule has 0 fully saturated rings. The molecule has 6 heteroatoms. The van der Waals surface area contributed by atoms with Gasteiger partial charge < -0.3 is 15.6 Å². The second-order valence-electron chi connectivity index (χ2n) is 4.92. The monoisotopic (exact) mass is 273 g/mol. The fourth-order valence-electron chi connectivity index (χ4n) is 1.91. The Morgan fingerprint density at radius 1 is 1.40 bits per heavy atom. The number of rotatable bonds is 5. The van der Waals surface area contributed by atoms with Crippen LogP contribution in [0.25, 0.3) is 11.3 Å². The Labute approximate surface area is 118 Å². The van der Waals surface area contributed by atoms with Crippen molar-refractivity contribution >= 4 is 11.7 Å². The summed E-state index contributed by atoms with van der Waals surface area (Å²) in [6.45, 7) is 4.47. The van der Waals surface area contributed by atoms with Gasteiger partial charge in [-0.2, -0.15) is 0 Å². The van der Waals surface area contributed by atoms with Crippen LogP contribution in [-0.4, -0.2) is 26.5 Å². The Bertz CT molecular complexity index is 574. The van der Waals surface area contributed by atoms with Gasteiger partial charge in [0.2, 0.25) is 5.91 Å². The number of nitrogens with one attached hydrogen (secondary N) is 1. The van der Waals surface area contributed by atoms with Crippen molar-refractivity contribution in [2.45, 2.75) is 32.9 Å². The maximum atomic E-state index is 11.7. The number of imidazole rings is 1. The molecule has 0 saturated carbocycles. The van der Waals surface area contributed by atoms with Gasteiger partial charge in [0.05, 0.1) is 18.2 Å². The average molecular weight is 273 g/mol. The minimum absolute atomic E-state index is 0.0371. The number of aromatic nitrogens is 3. The molecule has 106 valence electrons. The molecule has 2 heterocycles. The zero-order valence-electron chi connectivity index (χ0n) is 11.7. The summed E-state index contributed by atoms with van der Waals surface area (Å²) in [4.78, 5) is 19.9. The van der Waals surface area contributed by atoms with Crippen molar-refractivity contribution < 1.29 is 4.79 Å². The summed E-state index contributed by atoms with van der Waals surface area (Å²) in [5.74, 6) is 0.520. The number of nitrogens with two attached hydrogens (primary N) is 1. The fraction of sp³-hybridized carbons (Fsp3) is 0.357. The quantitative estimate of drug-likeness (QED) is 0.863. The molecule has 20 heavy (non-hydrogen) atoms. The van der Waals surface area contributed by atoms with Crippen molar-refractivity contribution in [1.29, 1.82) is 0 Å². The third-order valence-electron chi connectivity index (χ3n) is 2.82. The van der Waals surface area contributed by atoms with E-state index in [1.165, 1.54) is 0 Å². The molecule has 2 rings (SSSR count). The molecule has 0 unspecified atom stereocenters. The number of hydrogen-bond acceptors (Lipinski definition) is 4. The lowest BCUT2D eigenvalue weighted by atomic mass is 10.2. The van der Waals surface area contributed by atoms with E-state index < -0.39 is 0 Å². The number of nitrogens with zero attached hydrogens (tertiary/aromatic N) is 3. The third kappa shape index (κ3) is 3.57. The number of hydrogen-bond donors (Lipinski definition) is 2. The lowest BCUT2D eigenvalue weighted by Crippen LogP contribution is -2.30. The van der Waals surface area contributed by atoms with Crippen LogP contribution in [0.4, 0.5) is 5.82 Å². The second kappa shape index (κ2) is 6.18. The molecule has 0 saturated heterocycles. The van der Waals surface area contributed by atoms with Gasteiger partial charge in [-0.1, -0.05) is 0 Å². The predicted molar refractivity (Wildman–Crippen MR) is 77.8 cm³/mol. The highest BCUT2D eigenvalue weighted by Gasteiger charge is 2.08. The Morgan fingerprint density at radius 2 is 2.20 bits per heavy atom. The Balaban J connectivity index is 2.05. The highest BCUT2D eigenvalue weighted by atomic mass is 16.1. The molecule has 0 aliphatic rings. The average Bonchev–Trinajstić information content (AvgIpc) is 2.85. The summed E-state index contributed by atoms with van der Waals surface area (Å²) in [5.41, 5.74) is 7.43. The summed E-state index contributed by atoms with van der Waals surface area (Å²) in [6, 6.07) is 3.80. The van der Waals surface area contributed by atoms with Gasteiger partial charge >= 0.3 is 0 Å². The molecule has 2 aromatic heterocycles. The van der Waals surface area contributed by atoms with Crippen molar-refractivity contribution in [3.05, 3.63) is 30.9 Å². The molecule has 0 aromatic carbocycles. The molecule has 0 bridgehead atoms. The lowest BCUT2D eigenvalue weighted by molar-refractivity contribution is -0.121. The van der Waals surface area contributed by atoms with Crippen LogP contribution in [0.2, 0.25) is 0 Å². The second-order valence-corrected chi connectivity index (χ2v) is 4.92. The minimum Gasteiger partial charge on any atom is -0.384 e. The number of amides is 1. The van der Waals surface area contributed by atoms with Crippen LogP contribution in [0.15, 0.2) is 30.9 Å². The highest BCUT2D eigenvalue weighted by Crippen LogP contribution is 2.18. The van der Waals surface area contributed by atoms with Gasteiger partial charge in [-0.25, -0.2) is 9.97 Å². The van der Waals surface area contributed by atoms with E-state index in [1.54, 1.807) is 24.8 Å². The molecule has 0 spiro atoms. The van der Waals surface area contributed by atoms with Crippen molar-refractivity contribution in [3.8, 4) is 11.3 Å². The molecule has 1 amide bonds. The van der Waals surface area contributed by atoms with Gasteiger partial charge in [0.15, 0.2) is 0 Å². The first-order chi connectivity index (χ1) is 9.56. The minimum atomic E-state index is 0.0371. The summed E-state index contributed by atoms with van der Waals surface area (Å²) < 4.78 is 1.94. The lowest BCUT2D eigenvalue weighted by Gasteiger charge is -2.10. The van der Waals surface area contributed by atoms with Crippen molar-refractivity contribution in [1.82, 2.24) is 19.9 Å². The first-order valence-corrected chi connectivity index (χ1v) is 6.57. The number of carbonyl (C=O) groups excluding carboxylic acids is 1. The maximum absolute atomic E-state index is 11.7. The molecule has 0 atom stereocenters. The van der Waals surface area contributed by atoms with Gasteiger partial charge in [0.25, 0.3) is 0 Å². The Kier molecular flexibility index (Phi) is 4.34. The van der Waals surface area contributed by atoms with Crippen LogP contribution < -0.4 is 11.1 Å². The number of nitrogen functional groups attached to an aromatic ring is 1. The van der Waals surface area contributed by atoms with E-state index in [2.05, 4.69) is 15.3 Å². The van der Waals surface area contributed by atoms with E-state index in [-0.39, 0.29) is 11.9 Å². The van der Waals surface area contributed by atoms with Crippen LogP contribution in [0.5, 0.6) is 0 Å². The highest BCUT2D eigenvalue weighted by molar-refractivity contribution is 5.76. The molecule has 0 aliphatic heterocycles. The van der Waals surface area contributed by atoms with Gasteiger partial charge in [0, 0.05) is 30.8 Å². The van der Waals surface area contributed by atoms with Gasteiger partial charge in [-0.3, -0.25) is 4.79 Å². The number of pyridine rings is 1. The first-order valence-electron chi connectivity index (χ1n) is 6.57. The normalized spacial score (nSPS) is 10.8. The molecule has 2 aromatic rings. The number of anilines is 1. The largest absolute Gasteiger partial charge is 0.384 e. The fourth-order valence-corrected chi connectivity index (χ4v) is 1.91. The van der Waals surface area contributed by atoms with Gasteiger partial charge in [-0.05, 0) is 26.0 Å². The SMILES string of the molecule is CC(C)NC(=O)CCn1cncc1-c1ccc(N)nc1. The van der Waals surface area contributed by atoms with Crippen LogP contribution in [0.1, 0.15) is 20.3 Å². The molecular weight excluding hydrogens is 254 g/mol. The Hall–Kier alpha value is -2.37. The van der Waals surface area contributed by atoms with Crippen LogP contribution in [0, 0.1) is 0 Å². The first kappa shape index (κ1) is 14.0. The van der Waals surface area contributed by atoms with Crippen LogP contribution >= 0.6 is 0 Å². The van der Waals surface area contributed by atoms with E-state index in [0.717, 1.165) is 11.3 Å². The molecule has 3 N–H and O–H groups in total. The smallest absolute Gasteiger partial charge is 0.221 e. The summed E-state index contributed by atoms with van der Waals surface area (Å²) in [7, 11) is 0. The molecule has 0 aliphatic carbocycles. The molecular formula is C14H19N5O. The van der Waals surface area contributed by atoms with E-state index in [9.17, 15) is 4.79 Å². The summed E-state index contributed by atoms with van der Waals surface area (Å²) in [6.07, 6.45) is 5.60. The van der Waals surface area contributed by atoms with E-state index in [0.29, 0.717) is 18.8 Å². The maximum Gasteiger partial charge on any atom is 0.221 e. The third-order valence-corrected chi connectivity index (χ3v) is 2.82. The summed E-state index contributed by atoms with van der Waals surface area (Å²) in [5, 5.41) is 2.87. The molecule has 0 radical (unpaired) electrons. The topological polar surface area (TPSA) is 85.8 Å². The molecule has 6 nitrogen and oxygen atoms in total. The number of aryl methyl sites for hydroxylation is 1. The van der Waals surface area contributed by atoms with E-state index in [4.69, 9.17) is 5.73 Å². The Morgan fingerprint density at radius 3 is 2.85 bits per heavy atom. The van der Waals surface area contributed by atoms with Gasteiger partial charge in [0.1, 0.15) is 5.82 Å². The van der Waals surface area contributed by atoms with Crippen molar-refractivity contribution in [2.24, 2.45) is 0 Å². The summed E-state index contributed by atoms with van der Waals surface area (Å²) >= 11 is 0. The zero-order valence-corrected chi connectivity index (χ0v) is 11.7.